The Hall–Kier alpha value is -2.65. The lowest BCUT2D eigenvalue weighted by atomic mass is 9.79. The van der Waals surface area contributed by atoms with Gasteiger partial charge in [0, 0.05) is 17.3 Å². The normalized spacial score (nSPS) is 20.4. The van der Waals surface area contributed by atoms with E-state index >= 15 is 0 Å². The number of hydrogen-bond donors (Lipinski definition) is 1. The van der Waals surface area contributed by atoms with Crippen molar-refractivity contribution in [2.45, 2.75) is 57.4 Å². The summed E-state index contributed by atoms with van der Waals surface area (Å²) in [5.74, 6) is -0.503. The number of nitriles is 1. The molecule has 2 aromatic rings. The third-order valence-corrected chi connectivity index (χ3v) is 7.31. The van der Waals surface area contributed by atoms with Crippen LogP contribution in [0.2, 0.25) is 0 Å². The standard InChI is InChI=1S/C23H24N2O3S/c24-14-15-9-11-17(12-10-15)20-13-19(22(29-20)23(27)28)25-18(7-4-8-21(25)26)16-5-2-1-3-6-16/h9-13,16,18H,1-8H2,(H,27,28). The summed E-state index contributed by atoms with van der Waals surface area (Å²) in [5, 5.41) is 18.9. The van der Waals surface area contributed by atoms with Gasteiger partial charge in [0.1, 0.15) is 4.88 Å². The summed E-state index contributed by atoms with van der Waals surface area (Å²) in [6, 6.07) is 11.2. The molecule has 2 heterocycles. The van der Waals surface area contributed by atoms with Crippen molar-refractivity contribution in [3.63, 3.8) is 0 Å². The molecule has 150 valence electrons. The minimum Gasteiger partial charge on any atom is -0.477 e. The molecular weight excluding hydrogens is 384 g/mol. The maximum Gasteiger partial charge on any atom is 0.348 e. The number of carbonyl (C=O) groups excluding carboxylic acids is 1. The van der Waals surface area contributed by atoms with Gasteiger partial charge in [-0.05, 0) is 55.4 Å². The van der Waals surface area contributed by atoms with Gasteiger partial charge in [0.25, 0.3) is 0 Å². The number of thiophene rings is 1. The monoisotopic (exact) mass is 408 g/mol. The lowest BCUT2D eigenvalue weighted by Crippen LogP contribution is -2.48. The van der Waals surface area contributed by atoms with Crippen LogP contribution in [0.4, 0.5) is 5.69 Å². The van der Waals surface area contributed by atoms with E-state index in [0.717, 1.165) is 36.1 Å². The first-order valence-electron chi connectivity index (χ1n) is 10.3. The van der Waals surface area contributed by atoms with Gasteiger partial charge in [0.2, 0.25) is 5.91 Å². The highest BCUT2D eigenvalue weighted by molar-refractivity contribution is 7.18. The topological polar surface area (TPSA) is 81.4 Å². The van der Waals surface area contributed by atoms with E-state index in [1.54, 1.807) is 12.1 Å². The molecule has 1 atom stereocenters. The summed E-state index contributed by atoms with van der Waals surface area (Å²) in [7, 11) is 0. The van der Waals surface area contributed by atoms with Crippen LogP contribution in [-0.2, 0) is 4.79 Å². The summed E-state index contributed by atoms with van der Waals surface area (Å²) >= 11 is 1.20. The lowest BCUT2D eigenvalue weighted by Gasteiger charge is -2.41. The fraction of sp³-hybridized carbons (Fsp3) is 0.435. The second-order valence-electron chi connectivity index (χ2n) is 7.94. The molecule has 6 heteroatoms. The first-order valence-corrected chi connectivity index (χ1v) is 11.1. The van der Waals surface area contributed by atoms with Gasteiger partial charge in [-0.25, -0.2) is 4.79 Å². The van der Waals surface area contributed by atoms with Gasteiger partial charge in [0.05, 0.1) is 17.3 Å². The SMILES string of the molecule is N#Cc1ccc(-c2cc(N3C(=O)CCCC3C3CCCCC3)c(C(=O)O)s2)cc1. The number of nitrogens with zero attached hydrogens (tertiary/aromatic N) is 2. The van der Waals surface area contributed by atoms with Gasteiger partial charge < -0.3 is 10.0 Å². The van der Waals surface area contributed by atoms with E-state index in [0.29, 0.717) is 23.6 Å². The maximum atomic E-state index is 13.0. The second kappa shape index (κ2) is 8.38. The molecule has 1 unspecified atom stereocenters. The third-order valence-electron chi connectivity index (χ3n) is 6.15. The van der Waals surface area contributed by atoms with Crippen molar-refractivity contribution in [3.8, 4) is 16.5 Å². The Labute approximate surface area is 174 Å². The van der Waals surface area contributed by atoms with Crippen molar-refractivity contribution in [2.75, 3.05) is 4.90 Å². The molecule has 1 N–H and O–H groups in total. The smallest absolute Gasteiger partial charge is 0.348 e. The molecule has 0 bridgehead atoms. The molecule has 0 radical (unpaired) electrons. The van der Waals surface area contributed by atoms with Crippen molar-refractivity contribution in [2.24, 2.45) is 5.92 Å². The molecular formula is C23H24N2O3S. The number of carboxylic acids is 1. The summed E-state index contributed by atoms with van der Waals surface area (Å²) < 4.78 is 0. The molecule has 2 aliphatic rings. The fourth-order valence-electron chi connectivity index (χ4n) is 4.74. The Balaban J connectivity index is 1.74. The highest BCUT2D eigenvalue weighted by Gasteiger charge is 2.38. The number of piperidine rings is 1. The zero-order valence-electron chi connectivity index (χ0n) is 16.3. The van der Waals surface area contributed by atoms with Gasteiger partial charge in [0.15, 0.2) is 0 Å². The first kappa shape index (κ1) is 19.7. The van der Waals surface area contributed by atoms with E-state index in [1.165, 1.54) is 30.6 Å². The molecule has 2 fully saturated rings. The van der Waals surface area contributed by atoms with E-state index in [1.807, 2.05) is 23.1 Å². The van der Waals surface area contributed by atoms with E-state index in [2.05, 4.69) is 6.07 Å². The molecule has 1 aliphatic heterocycles. The van der Waals surface area contributed by atoms with Gasteiger partial charge >= 0.3 is 5.97 Å². The summed E-state index contributed by atoms with van der Waals surface area (Å²) in [6.45, 7) is 0. The highest BCUT2D eigenvalue weighted by Crippen LogP contribution is 2.42. The van der Waals surface area contributed by atoms with Gasteiger partial charge in [-0.15, -0.1) is 11.3 Å². The number of hydrogen-bond acceptors (Lipinski definition) is 4. The van der Waals surface area contributed by atoms with Crippen molar-refractivity contribution in [3.05, 3.63) is 40.8 Å². The van der Waals surface area contributed by atoms with Crippen molar-refractivity contribution in [1.82, 2.24) is 0 Å². The van der Waals surface area contributed by atoms with Crippen LogP contribution in [0.15, 0.2) is 30.3 Å². The second-order valence-corrected chi connectivity index (χ2v) is 8.99. The predicted octanol–water partition coefficient (Wildman–Crippen LogP) is 5.45. The molecule has 5 nitrogen and oxygen atoms in total. The average Bonchev–Trinajstić information content (AvgIpc) is 3.19. The quantitative estimate of drug-likeness (QED) is 0.729. The predicted molar refractivity (Wildman–Crippen MR) is 113 cm³/mol. The summed E-state index contributed by atoms with van der Waals surface area (Å²) in [6.07, 6.45) is 8.16. The largest absolute Gasteiger partial charge is 0.477 e. The zero-order valence-corrected chi connectivity index (χ0v) is 17.1. The van der Waals surface area contributed by atoms with Crippen LogP contribution >= 0.6 is 11.3 Å². The third kappa shape index (κ3) is 3.92. The number of anilines is 1. The van der Waals surface area contributed by atoms with Crippen LogP contribution in [-0.4, -0.2) is 23.0 Å². The van der Waals surface area contributed by atoms with E-state index in [9.17, 15) is 14.7 Å². The first-order chi connectivity index (χ1) is 14.1. The Morgan fingerprint density at radius 3 is 2.48 bits per heavy atom. The highest BCUT2D eigenvalue weighted by atomic mass is 32.1. The van der Waals surface area contributed by atoms with Crippen LogP contribution in [0.1, 0.15) is 66.6 Å². The fourth-order valence-corrected chi connectivity index (χ4v) is 5.73. The Morgan fingerprint density at radius 1 is 1.10 bits per heavy atom. The van der Waals surface area contributed by atoms with Crippen LogP contribution < -0.4 is 4.90 Å². The summed E-state index contributed by atoms with van der Waals surface area (Å²) in [4.78, 5) is 27.8. The number of rotatable bonds is 4. The molecule has 1 aromatic heterocycles. The Bertz CT molecular complexity index is 951. The van der Waals surface area contributed by atoms with Crippen molar-refractivity contribution in [1.29, 1.82) is 5.26 Å². The van der Waals surface area contributed by atoms with E-state index < -0.39 is 5.97 Å². The number of carboxylic acid groups (broad SMARTS) is 1. The molecule has 1 saturated heterocycles. The molecule has 1 aromatic carbocycles. The minimum atomic E-state index is -0.995. The molecule has 29 heavy (non-hydrogen) atoms. The molecule has 1 saturated carbocycles. The minimum absolute atomic E-state index is 0.0403. The maximum absolute atomic E-state index is 13.0. The lowest BCUT2D eigenvalue weighted by molar-refractivity contribution is -0.120. The van der Waals surface area contributed by atoms with Crippen molar-refractivity contribution < 1.29 is 14.7 Å². The number of benzene rings is 1. The van der Waals surface area contributed by atoms with Crippen molar-refractivity contribution >= 4 is 28.9 Å². The molecule has 1 aliphatic carbocycles. The van der Waals surface area contributed by atoms with E-state index in [-0.39, 0.29) is 16.8 Å². The Morgan fingerprint density at radius 2 is 1.83 bits per heavy atom. The van der Waals surface area contributed by atoms with E-state index in [4.69, 9.17) is 5.26 Å². The number of carbonyl (C=O) groups is 2. The van der Waals surface area contributed by atoms with Gasteiger partial charge in [-0.3, -0.25) is 4.79 Å². The summed E-state index contributed by atoms with van der Waals surface area (Å²) in [5.41, 5.74) is 1.97. The van der Waals surface area contributed by atoms with Crippen LogP contribution in [0.25, 0.3) is 10.4 Å². The number of aromatic carboxylic acids is 1. The van der Waals surface area contributed by atoms with Crippen LogP contribution in [0.3, 0.4) is 0 Å². The van der Waals surface area contributed by atoms with Crippen LogP contribution in [0, 0.1) is 17.2 Å². The number of amides is 1. The molecule has 0 spiro atoms. The molecule has 4 rings (SSSR count). The van der Waals surface area contributed by atoms with Gasteiger partial charge in [-0.1, -0.05) is 31.4 Å². The molecule has 1 amide bonds. The zero-order chi connectivity index (χ0) is 20.4. The average molecular weight is 409 g/mol. The van der Waals surface area contributed by atoms with Gasteiger partial charge in [-0.2, -0.15) is 5.26 Å². The van der Waals surface area contributed by atoms with Crippen LogP contribution in [0.5, 0.6) is 0 Å². The Kier molecular flexibility index (Phi) is 5.68.